The van der Waals surface area contributed by atoms with E-state index in [1.165, 1.54) is 15.6 Å². The molecule has 1 aliphatic heterocycles. The van der Waals surface area contributed by atoms with Crippen molar-refractivity contribution in [2.24, 2.45) is 5.92 Å². The zero-order chi connectivity index (χ0) is 26.2. The summed E-state index contributed by atoms with van der Waals surface area (Å²) in [4.78, 5) is 25.0. The van der Waals surface area contributed by atoms with Gasteiger partial charge in [-0.1, -0.05) is 41.2 Å². The van der Waals surface area contributed by atoms with Crippen LogP contribution in [0.1, 0.15) is 35.1 Å². The number of benzene rings is 2. The van der Waals surface area contributed by atoms with Crippen LogP contribution >= 0.6 is 11.3 Å². The summed E-state index contributed by atoms with van der Waals surface area (Å²) in [5.74, 6) is -0.305. The molecular formula is C28H30N4O3S2. The molecule has 2 aromatic carbocycles. The lowest BCUT2D eigenvalue weighted by Crippen LogP contribution is -2.44. The number of thiazole rings is 1. The third-order valence-electron chi connectivity index (χ3n) is 6.83. The number of fused-ring (bicyclic) bond motifs is 1. The Bertz CT molecular complexity index is 1530. The standard InChI is InChI=1S/C28H30N4O3S2/c1-19-6-8-24(9-7-19)37(34,35)31-13-10-23(11-14-31)27(33)32(18-22-5-4-12-29-17-22)28-30-25-16-20(2)15-21(3)26(25)36-28/h4-9,12,15-17,23H,10-11,13-14,18H2,1-3H3. The summed E-state index contributed by atoms with van der Waals surface area (Å²) >= 11 is 1.52. The SMILES string of the molecule is Cc1ccc(S(=O)(=O)N2CCC(C(=O)N(Cc3cccnc3)c3nc4cc(C)cc(C)c4s3)CC2)cc1. The highest BCUT2D eigenvalue weighted by atomic mass is 32.2. The van der Waals surface area contributed by atoms with Crippen molar-refractivity contribution in [2.45, 2.75) is 45.1 Å². The fraction of sp³-hybridized carbons (Fsp3) is 0.321. The van der Waals surface area contributed by atoms with Gasteiger partial charge in [-0.05, 0) is 74.6 Å². The molecule has 0 saturated carbocycles. The lowest BCUT2D eigenvalue weighted by molar-refractivity contribution is -0.123. The van der Waals surface area contributed by atoms with E-state index in [2.05, 4.69) is 18.0 Å². The van der Waals surface area contributed by atoms with Gasteiger partial charge in [-0.2, -0.15) is 4.31 Å². The normalized spacial score (nSPS) is 15.2. The molecule has 37 heavy (non-hydrogen) atoms. The van der Waals surface area contributed by atoms with Crippen LogP contribution in [0.5, 0.6) is 0 Å². The molecule has 0 spiro atoms. The highest BCUT2D eigenvalue weighted by molar-refractivity contribution is 7.89. The number of piperidine rings is 1. The maximum atomic E-state index is 13.9. The molecule has 0 bridgehead atoms. The number of hydrogen-bond acceptors (Lipinski definition) is 6. The molecule has 2 aromatic heterocycles. The smallest absolute Gasteiger partial charge is 0.243 e. The molecule has 0 aliphatic carbocycles. The first-order chi connectivity index (χ1) is 17.7. The van der Waals surface area contributed by atoms with Crippen molar-refractivity contribution in [1.82, 2.24) is 14.3 Å². The number of nitrogens with zero attached hydrogens (tertiary/aromatic N) is 4. The molecule has 9 heteroatoms. The quantitative estimate of drug-likeness (QED) is 0.337. The van der Waals surface area contributed by atoms with Gasteiger partial charge >= 0.3 is 0 Å². The second-order valence-electron chi connectivity index (χ2n) is 9.70. The Labute approximate surface area is 221 Å². The number of amides is 1. The topological polar surface area (TPSA) is 83.5 Å². The highest BCUT2D eigenvalue weighted by Crippen LogP contribution is 2.35. The van der Waals surface area contributed by atoms with Crippen LogP contribution < -0.4 is 4.90 Å². The first kappa shape index (κ1) is 25.5. The molecule has 192 valence electrons. The van der Waals surface area contributed by atoms with Gasteiger partial charge in [-0.25, -0.2) is 13.4 Å². The second-order valence-corrected chi connectivity index (χ2v) is 12.6. The van der Waals surface area contributed by atoms with Gasteiger partial charge in [-0.15, -0.1) is 0 Å². The van der Waals surface area contributed by atoms with Gasteiger partial charge < -0.3 is 0 Å². The number of aryl methyl sites for hydroxylation is 3. The van der Waals surface area contributed by atoms with Gasteiger partial charge in [-0.3, -0.25) is 14.7 Å². The molecule has 0 radical (unpaired) electrons. The number of aromatic nitrogens is 2. The summed E-state index contributed by atoms with van der Waals surface area (Å²) in [6.45, 7) is 7.03. The van der Waals surface area contributed by atoms with Crippen molar-refractivity contribution < 1.29 is 13.2 Å². The molecule has 1 saturated heterocycles. The third kappa shape index (κ3) is 5.30. The number of pyridine rings is 1. The van der Waals surface area contributed by atoms with Gasteiger partial charge in [0.05, 0.1) is 21.7 Å². The molecule has 0 N–H and O–H groups in total. The fourth-order valence-electron chi connectivity index (χ4n) is 4.82. The Morgan fingerprint density at radius 3 is 2.46 bits per heavy atom. The van der Waals surface area contributed by atoms with Crippen LogP contribution in [-0.4, -0.2) is 41.7 Å². The molecular weight excluding hydrogens is 504 g/mol. The Morgan fingerprint density at radius 1 is 1.05 bits per heavy atom. The zero-order valence-electron chi connectivity index (χ0n) is 21.2. The van der Waals surface area contributed by atoms with E-state index in [-0.39, 0.29) is 11.8 Å². The van der Waals surface area contributed by atoms with Crippen LogP contribution in [0, 0.1) is 26.7 Å². The molecule has 0 atom stereocenters. The molecule has 7 nitrogen and oxygen atoms in total. The molecule has 4 aromatic rings. The highest BCUT2D eigenvalue weighted by Gasteiger charge is 2.35. The molecule has 0 unspecified atom stereocenters. The first-order valence-corrected chi connectivity index (χ1v) is 14.6. The van der Waals surface area contributed by atoms with E-state index in [1.54, 1.807) is 41.6 Å². The van der Waals surface area contributed by atoms with Crippen LogP contribution in [0.15, 0.2) is 65.8 Å². The average molecular weight is 535 g/mol. The summed E-state index contributed by atoms with van der Waals surface area (Å²) in [5.41, 5.74) is 5.09. The number of hydrogen-bond donors (Lipinski definition) is 0. The number of sulfonamides is 1. The lowest BCUT2D eigenvalue weighted by atomic mass is 9.96. The van der Waals surface area contributed by atoms with Crippen molar-refractivity contribution in [3.05, 3.63) is 83.2 Å². The van der Waals surface area contributed by atoms with Crippen molar-refractivity contribution >= 4 is 42.6 Å². The maximum Gasteiger partial charge on any atom is 0.243 e. The van der Waals surface area contributed by atoms with Crippen LogP contribution in [-0.2, 0) is 21.4 Å². The van der Waals surface area contributed by atoms with Gasteiger partial charge in [0.15, 0.2) is 5.13 Å². The zero-order valence-corrected chi connectivity index (χ0v) is 22.8. The largest absolute Gasteiger partial charge is 0.283 e. The molecule has 1 amide bonds. The first-order valence-electron chi connectivity index (χ1n) is 12.4. The monoisotopic (exact) mass is 534 g/mol. The van der Waals surface area contributed by atoms with E-state index in [4.69, 9.17) is 4.98 Å². The van der Waals surface area contributed by atoms with Crippen molar-refractivity contribution in [3.63, 3.8) is 0 Å². The maximum absolute atomic E-state index is 13.9. The van der Waals surface area contributed by atoms with Crippen LogP contribution in [0.3, 0.4) is 0 Å². The molecule has 1 fully saturated rings. The van der Waals surface area contributed by atoms with Gasteiger partial charge in [0.2, 0.25) is 15.9 Å². The fourth-order valence-corrected chi connectivity index (χ4v) is 7.31. The molecule has 3 heterocycles. The summed E-state index contributed by atoms with van der Waals surface area (Å²) in [7, 11) is -3.59. The number of anilines is 1. The predicted octanol–water partition coefficient (Wildman–Crippen LogP) is 5.25. The molecule has 1 aliphatic rings. The minimum absolute atomic E-state index is 0.0235. The van der Waals surface area contributed by atoms with E-state index in [0.717, 1.165) is 32.5 Å². The van der Waals surface area contributed by atoms with Gasteiger partial charge in [0.25, 0.3) is 0 Å². The van der Waals surface area contributed by atoms with Gasteiger partial charge in [0, 0.05) is 31.4 Å². The Balaban J connectivity index is 1.39. The van der Waals surface area contributed by atoms with E-state index >= 15 is 0 Å². The van der Waals surface area contributed by atoms with E-state index in [9.17, 15) is 13.2 Å². The summed E-state index contributed by atoms with van der Waals surface area (Å²) in [6.07, 6.45) is 4.41. The summed E-state index contributed by atoms with van der Waals surface area (Å²) < 4.78 is 28.9. The summed E-state index contributed by atoms with van der Waals surface area (Å²) in [6, 6.07) is 14.9. The van der Waals surface area contributed by atoms with E-state index < -0.39 is 10.0 Å². The van der Waals surface area contributed by atoms with Crippen molar-refractivity contribution in [1.29, 1.82) is 0 Å². The second kappa shape index (κ2) is 10.3. The number of carbonyl (C=O) groups excluding carboxylic acids is 1. The predicted molar refractivity (Wildman–Crippen MR) is 147 cm³/mol. The van der Waals surface area contributed by atoms with Crippen LogP contribution in [0.25, 0.3) is 10.2 Å². The van der Waals surface area contributed by atoms with Crippen LogP contribution in [0.4, 0.5) is 5.13 Å². The third-order valence-corrected chi connectivity index (χ3v) is 9.97. The molecule has 5 rings (SSSR count). The van der Waals surface area contributed by atoms with E-state index in [0.29, 0.717) is 42.5 Å². The Morgan fingerprint density at radius 2 is 1.78 bits per heavy atom. The van der Waals surface area contributed by atoms with Crippen molar-refractivity contribution in [3.8, 4) is 0 Å². The Kier molecular flexibility index (Phi) is 7.11. The lowest BCUT2D eigenvalue weighted by Gasteiger charge is -2.33. The minimum Gasteiger partial charge on any atom is -0.283 e. The van der Waals surface area contributed by atoms with E-state index in [1.807, 2.05) is 32.0 Å². The summed E-state index contributed by atoms with van der Waals surface area (Å²) in [5, 5.41) is 0.659. The average Bonchev–Trinajstić information content (AvgIpc) is 3.32. The number of rotatable bonds is 6. The van der Waals surface area contributed by atoms with Crippen molar-refractivity contribution in [2.75, 3.05) is 18.0 Å². The van der Waals surface area contributed by atoms with Crippen LogP contribution in [0.2, 0.25) is 0 Å². The number of carbonyl (C=O) groups is 1. The minimum atomic E-state index is -3.59. The Hall–Kier alpha value is -3.14. The van der Waals surface area contributed by atoms with Gasteiger partial charge in [0.1, 0.15) is 0 Å².